The van der Waals surface area contributed by atoms with Gasteiger partial charge in [-0.2, -0.15) is 0 Å². The van der Waals surface area contributed by atoms with Gasteiger partial charge in [-0.25, -0.2) is 0 Å². The zero-order valence-electron chi connectivity index (χ0n) is 16.6. The zero-order chi connectivity index (χ0) is 21.5. The van der Waals surface area contributed by atoms with Crippen molar-refractivity contribution in [3.05, 3.63) is 65.2 Å². The summed E-state index contributed by atoms with van der Waals surface area (Å²) in [5.41, 5.74) is 2.01. The number of nitrogens with zero attached hydrogens (tertiary/aromatic N) is 1. The minimum Gasteiger partial charge on any atom is -0.497 e. The molecule has 0 unspecified atom stereocenters. The van der Waals surface area contributed by atoms with Crippen molar-refractivity contribution in [2.75, 3.05) is 20.3 Å². The second-order valence-corrected chi connectivity index (χ2v) is 6.72. The molecule has 3 rings (SSSR count). The molecule has 1 N–H and O–H groups in total. The first-order chi connectivity index (χ1) is 14.5. The Kier molecular flexibility index (Phi) is 6.79. The number of ether oxygens (including phenoxy) is 2. The lowest BCUT2D eigenvalue weighted by Gasteiger charge is -2.26. The van der Waals surface area contributed by atoms with Crippen LogP contribution in [-0.4, -0.2) is 48.9 Å². The van der Waals surface area contributed by atoms with Crippen molar-refractivity contribution >= 4 is 23.7 Å². The second kappa shape index (κ2) is 9.69. The molecule has 1 aliphatic rings. The van der Waals surface area contributed by atoms with E-state index in [1.54, 1.807) is 43.5 Å². The Morgan fingerprint density at radius 2 is 1.80 bits per heavy atom. The molecule has 30 heavy (non-hydrogen) atoms. The fourth-order valence-corrected chi connectivity index (χ4v) is 3.04. The first kappa shape index (κ1) is 21.0. The number of methoxy groups -OCH3 is 1. The maximum Gasteiger partial charge on any atom is 0.308 e. The van der Waals surface area contributed by atoms with E-state index in [1.165, 1.54) is 0 Å². The van der Waals surface area contributed by atoms with E-state index in [9.17, 15) is 19.2 Å². The van der Waals surface area contributed by atoms with E-state index in [0.29, 0.717) is 16.9 Å². The van der Waals surface area contributed by atoms with Crippen LogP contribution in [-0.2, 0) is 32.1 Å². The predicted octanol–water partition coefficient (Wildman–Crippen LogP) is 1.47. The van der Waals surface area contributed by atoms with Gasteiger partial charge in [-0.1, -0.05) is 30.3 Å². The summed E-state index contributed by atoms with van der Waals surface area (Å²) in [6, 6.07) is 14.1. The highest BCUT2D eigenvalue weighted by Gasteiger charge is 2.30. The van der Waals surface area contributed by atoms with E-state index in [1.807, 2.05) is 12.1 Å². The molecule has 0 radical (unpaired) electrons. The molecule has 2 aromatic carbocycles. The Morgan fingerprint density at radius 1 is 1.07 bits per heavy atom. The Labute approximate surface area is 173 Å². The Hall–Kier alpha value is -3.68. The van der Waals surface area contributed by atoms with Gasteiger partial charge >= 0.3 is 5.97 Å². The summed E-state index contributed by atoms with van der Waals surface area (Å²) in [6.45, 7) is -0.228. The van der Waals surface area contributed by atoms with Crippen LogP contribution in [0.15, 0.2) is 48.5 Å². The summed E-state index contributed by atoms with van der Waals surface area (Å²) in [5.74, 6) is -1.17. The number of fused-ring (bicyclic) bond motifs is 1. The highest BCUT2D eigenvalue weighted by Crippen LogP contribution is 2.19. The molecule has 0 aromatic heterocycles. The average molecular weight is 410 g/mol. The van der Waals surface area contributed by atoms with Crippen LogP contribution in [0.25, 0.3) is 0 Å². The summed E-state index contributed by atoms with van der Waals surface area (Å²) in [4.78, 5) is 49.5. The molecule has 8 nitrogen and oxygen atoms in total. The molecule has 3 amide bonds. The third-order valence-electron chi connectivity index (χ3n) is 4.69. The summed E-state index contributed by atoms with van der Waals surface area (Å²) in [5, 5.41) is 2.65. The number of imide groups is 1. The molecule has 8 heteroatoms. The van der Waals surface area contributed by atoms with Crippen molar-refractivity contribution < 1.29 is 28.7 Å². The summed E-state index contributed by atoms with van der Waals surface area (Å²) in [6.07, 6.45) is -0.0594. The van der Waals surface area contributed by atoms with Gasteiger partial charge in [0.2, 0.25) is 5.91 Å². The Bertz CT molecular complexity index is 954. The van der Waals surface area contributed by atoms with Crippen molar-refractivity contribution in [1.29, 1.82) is 0 Å². The van der Waals surface area contributed by atoms with E-state index in [0.717, 1.165) is 10.5 Å². The van der Waals surface area contributed by atoms with Crippen LogP contribution in [0.1, 0.15) is 27.9 Å². The number of carbonyl (C=O) groups excluding carboxylic acids is 4. The van der Waals surface area contributed by atoms with E-state index in [2.05, 4.69) is 5.32 Å². The lowest BCUT2D eigenvalue weighted by atomic mass is 9.98. The summed E-state index contributed by atoms with van der Waals surface area (Å²) < 4.78 is 10.0. The summed E-state index contributed by atoms with van der Waals surface area (Å²) in [7, 11) is 1.57. The van der Waals surface area contributed by atoms with Gasteiger partial charge in [0.05, 0.1) is 20.0 Å². The normalized spacial score (nSPS) is 12.9. The van der Waals surface area contributed by atoms with Gasteiger partial charge in [0, 0.05) is 18.7 Å². The van der Waals surface area contributed by atoms with Crippen LogP contribution in [0.3, 0.4) is 0 Å². The Balaban J connectivity index is 1.40. The molecule has 0 atom stereocenters. The quantitative estimate of drug-likeness (QED) is 0.522. The molecule has 156 valence electrons. The highest BCUT2D eigenvalue weighted by atomic mass is 16.5. The number of carbonyl (C=O) groups is 4. The van der Waals surface area contributed by atoms with Crippen LogP contribution in [0, 0.1) is 0 Å². The topological polar surface area (TPSA) is 102 Å². The lowest BCUT2D eigenvalue weighted by Crippen LogP contribution is -2.43. The molecule has 0 aliphatic carbocycles. The fraction of sp³-hybridized carbons (Fsp3) is 0.273. The first-order valence-corrected chi connectivity index (χ1v) is 9.46. The van der Waals surface area contributed by atoms with Crippen LogP contribution in [0.5, 0.6) is 5.75 Å². The van der Waals surface area contributed by atoms with Crippen molar-refractivity contribution in [1.82, 2.24) is 10.2 Å². The number of rotatable bonds is 8. The minimum absolute atomic E-state index is 0.0850. The first-order valence-electron chi connectivity index (χ1n) is 9.46. The van der Waals surface area contributed by atoms with Crippen LogP contribution in [0.2, 0.25) is 0 Å². The van der Waals surface area contributed by atoms with Crippen molar-refractivity contribution in [2.45, 2.75) is 19.4 Å². The maximum absolute atomic E-state index is 12.4. The highest BCUT2D eigenvalue weighted by molar-refractivity contribution is 6.09. The molecule has 0 spiro atoms. The van der Waals surface area contributed by atoms with Gasteiger partial charge in [-0.15, -0.1) is 0 Å². The molecule has 0 bridgehead atoms. The SMILES string of the molecule is COc1ccc(CNC(=O)COC(=O)CCN2C(=O)Cc3ccccc3C2=O)cc1. The molecule has 0 saturated carbocycles. The molecule has 0 fully saturated rings. The van der Waals surface area contributed by atoms with Gasteiger partial charge in [0.1, 0.15) is 5.75 Å². The number of hydrogen-bond donors (Lipinski definition) is 1. The molecule has 0 saturated heterocycles. The lowest BCUT2D eigenvalue weighted by molar-refractivity contribution is -0.149. The van der Waals surface area contributed by atoms with Crippen molar-refractivity contribution in [3.8, 4) is 5.75 Å². The molecule has 1 aliphatic heterocycles. The third kappa shape index (κ3) is 5.22. The van der Waals surface area contributed by atoms with Gasteiger partial charge in [0.15, 0.2) is 6.61 Å². The number of hydrogen-bond acceptors (Lipinski definition) is 6. The van der Waals surface area contributed by atoms with Crippen LogP contribution >= 0.6 is 0 Å². The smallest absolute Gasteiger partial charge is 0.308 e. The largest absolute Gasteiger partial charge is 0.497 e. The average Bonchev–Trinajstić information content (AvgIpc) is 2.76. The number of benzene rings is 2. The summed E-state index contributed by atoms with van der Waals surface area (Å²) >= 11 is 0. The van der Waals surface area contributed by atoms with E-state index in [-0.39, 0.29) is 31.8 Å². The van der Waals surface area contributed by atoms with Gasteiger partial charge in [0.25, 0.3) is 11.8 Å². The third-order valence-corrected chi connectivity index (χ3v) is 4.69. The Morgan fingerprint density at radius 3 is 2.53 bits per heavy atom. The number of esters is 1. The zero-order valence-corrected chi connectivity index (χ0v) is 16.6. The van der Waals surface area contributed by atoms with Gasteiger partial charge in [-0.3, -0.25) is 24.1 Å². The number of nitrogens with one attached hydrogen (secondary N) is 1. The predicted molar refractivity (Wildman–Crippen MR) is 107 cm³/mol. The van der Waals surface area contributed by atoms with E-state index < -0.39 is 24.4 Å². The minimum atomic E-state index is -0.658. The van der Waals surface area contributed by atoms with Crippen LogP contribution < -0.4 is 10.1 Å². The van der Waals surface area contributed by atoms with Gasteiger partial charge in [-0.05, 0) is 29.3 Å². The maximum atomic E-state index is 12.4. The van der Waals surface area contributed by atoms with Crippen molar-refractivity contribution in [3.63, 3.8) is 0 Å². The van der Waals surface area contributed by atoms with Crippen LogP contribution in [0.4, 0.5) is 0 Å². The molecule has 2 aromatic rings. The second-order valence-electron chi connectivity index (χ2n) is 6.72. The van der Waals surface area contributed by atoms with E-state index in [4.69, 9.17) is 9.47 Å². The molecule has 1 heterocycles. The number of amides is 3. The standard InChI is InChI=1S/C22H22N2O6/c1-29-17-8-6-15(7-9-17)13-23-19(25)14-30-21(27)10-11-24-20(26)12-16-4-2-3-5-18(16)22(24)28/h2-9H,10-14H2,1H3,(H,23,25). The fourth-order valence-electron chi connectivity index (χ4n) is 3.04. The van der Waals surface area contributed by atoms with Gasteiger partial charge < -0.3 is 14.8 Å². The monoisotopic (exact) mass is 410 g/mol. The molecular weight excluding hydrogens is 388 g/mol. The van der Waals surface area contributed by atoms with E-state index >= 15 is 0 Å². The van der Waals surface area contributed by atoms with Crippen molar-refractivity contribution in [2.24, 2.45) is 0 Å². The molecular formula is C22H22N2O6.